The Morgan fingerprint density at radius 2 is 1.96 bits per heavy atom. The predicted octanol–water partition coefficient (Wildman–Crippen LogP) is 2.56. The fourth-order valence-corrected chi connectivity index (χ4v) is 2.16. The molecule has 0 aliphatic rings. The van der Waals surface area contributed by atoms with Crippen LogP contribution in [-0.2, 0) is 9.53 Å². The van der Waals surface area contributed by atoms with E-state index in [0.717, 1.165) is 11.3 Å². The van der Waals surface area contributed by atoms with Crippen molar-refractivity contribution >= 4 is 11.9 Å². The zero-order chi connectivity index (χ0) is 17.5. The van der Waals surface area contributed by atoms with Crippen molar-refractivity contribution in [2.75, 3.05) is 19.8 Å². The van der Waals surface area contributed by atoms with Crippen molar-refractivity contribution in [2.45, 2.75) is 20.8 Å². The van der Waals surface area contributed by atoms with Gasteiger partial charge in [0.15, 0.2) is 6.61 Å². The first-order valence-corrected chi connectivity index (χ1v) is 7.66. The van der Waals surface area contributed by atoms with Gasteiger partial charge < -0.3 is 19.2 Å². The number of carbonyl (C=O) groups excluding carboxylic acids is 2. The Morgan fingerprint density at radius 3 is 2.62 bits per heavy atom. The number of amides is 1. The number of ether oxygens (including phenoxy) is 2. The molecular formula is C18H21NO5. The van der Waals surface area contributed by atoms with Gasteiger partial charge in [-0.25, -0.2) is 4.79 Å². The molecule has 1 aromatic heterocycles. The average molecular weight is 331 g/mol. The van der Waals surface area contributed by atoms with E-state index in [1.165, 1.54) is 0 Å². The molecule has 0 spiro atoms. The zero-order valence-electron chi connectivity index (χ0n) is 14.0. The van der Waals surface area contributed by atoms with Gasteiger partial charge in [-0.3, -0.25) is 4.79 Å². The quantitative estimate of drug-likeness (QED) is 0.623. The van der Waals surface area contributed by atoms with Crippen LogP contribution in [0.3, 0.4) is 0 Å². The number of aryl methyl sites for hydroxylation is 3. The van der Waals surface area contributed by atoms with Gasteiger partial charge in [-0.1, -0.05) is 12.1 Å². The number of nitrogens with one attached hydrogen (secondary N) is 1. The van der Waals surface area contributed by atoms with Gasteiger partial charge in [0, 0.05) is 0 Å². The Bertz CT molecular complexity index is 720. The standard InChI is InChI=1S/C18H21NO5/c1-12-5-4-6-15(9-12)22-8-7-19-17(20)11-23-18(21)16-10-13(2)24-14(16)3/h4-6,9-10H,7-8,11H2,1-3H3,(H,19,20). The first kappa shape index (κ1) is 17.6. The molecule has 1 aromatic carbocycles. The van der Waals surface area contributed by atoms with Crippen LogP contribution in [0.15, 0.2) is 34.7 Å². The molecule has 2 aromatic rings. The van der Waals surface area contributed by atoms with E-state index >= 15 is 0 Å². The molecule has 1 heterocycles. The second-order valence-corrected chi connectivity index (χ2v) is 5.42. The van der Waals surface area contributed by atoms with Gasteiger partial charge in [-0.05, 0) is 44.5 Å². The number of carbonyl (C=O) groups is 2. The molecule has 0 radical (unpaired) electrons. The van der Waals surface area contributed by atoms with Crippen LogP contribution in [0.1, 0.15) is 27.4 Å². The van der Waals surface area contributed by atoms with Gasteiger partial charge in [-0.15, -0.1) is 0 Å². The van der Waals surface area contributed by atoms with Crippen molar-refractivity contribution in [3.05, 3.63) is 53.0 Å². The average Bonchev–Trinajstić information content (AvgIpc) is 2.88. The maximum Gasteiger partial charge on any atom is 0.342 e. The van der Waals surface area contributed by atoms with E-state index in [-0.39, 0.29) is 12.5 Å². The minimum Gasteiger partial charge on any atom is -0.492 e. The van der Waals surface area contributed by atoms with Crippen molar-refractivity contribution < 1.29 is 23.5 Å². The van der Waals surface area contributed by atoms with Gasteiger partial charge >= 0.3 is 5.97 Å². The molecule has 128 valence electrons. The number of rotatable bonds is 7. The molecular weight excluding hydrogens is 310 g/mol. The van der Waals surface area contributed by atoms with Gasteiger partial charge in [0.1, 0.15) is 29.4 Å². The van der Waals surface area contributed by atoms with Crippen LogP contribution < -0.4 is 10.1 Å². The highest BCUT2D eigenvalue weighted by molar-refractivity contribution is 5.92. The van der Waals surface area contributed by atoms with Crippen molar-refractivity contribution in [3.63, 3.8) is 0 Å². The SMILES string of the molecule is Cc1cccc(OCCNC(=O)COC(=O)c2cc(C)oc2C)c1. The third-order valence-corrected chi connectivity index (χ3v) is 3.28. The lowest BCUT2D eigenvalue weighted by Gasteiger charge is -2.08. The Balaban J connectivity index is 1.66. The molecule has 1 amide bonds. The van der Waals surface area contributed by atoms with Crippen molar-refractivity contribution in [1.82, 2.24) is 5.32 Å². The lowest BCUT2D eigenvalue weighted by atomic mass is 10.2. The van der Waals surface area contributed by atoms with Crippen LogP contribution in [-0.4, -0.2) is 31.6 Å². The molecule has 6 nitrogen and oxygen atoms in total. The van der Waals surface area contributed by atoms with Crippen LogP contribution in [0.5, 0.6) is 5.75 Å². The summed E-state index contributed by atoms with van der Waals surface area (Å²) in [6.07, 6.45) is 0. The van der Waals surface area contributed by atoms with E-state index < -0.39 is 5.97 Å². The number of benzene rings is 1. The first-order valence-electron chi connectivity index (χ1n) is 7.66. The van der Waals surface area contributed by atoms with Crippen LogP contribution in [0.2, 0.25) is 0 Å². The minimum absolute atomic E-state index is 0.328. The van der Waals surface area contributed by atoms with Gasteiger partial charge in [0.05, 0.1) is 6.54 Å². The second kappa shape index (κ2) is 8.19. The summed E-state index contributed by atoms with van der Waals surface area (Å²) in [6.45, 7) is 5.72. The molecule has 0 saturated carbocycles. The summed E-state index contributed by atoms with van der Waals surface area (Å²) in [5, 5.41) is 2.63. The van der Waals surface area contributed by atoms with Gasteiger partial charge in [-0.2, -0.15) is 0 Å². The molecule has 0 aliphatic heterocycles. The van der Waals surface area contributed by atoms with E-state index in [2.05, 4.69) is 5.32 Å². The second-order valence-electron chi connectivity index (χ2n) is 5.42. The Labute approximate surface area is 140 Å². The van der Waals surface area contributed by atoms with Gasteiger partial charge in [0.25, 0.3) is 5.91 Å². The Hall–Kier alpha value is -2.76. The number of hydrogen-bond donors (Lipinski definition) is 1. The fraction of sp³-hybridized carbons (Fsp3) is 0.333. The lowest BCUT2D eigenvalue weighted by molar-refractivity contribution is -0.124. The summed E-state index contributed by atoms with van der Waals surface area (Å²) in [4.78, 5) is 23.5. The van der Waals surface area contributed by atoms with E-state index in [4.69, 9.17) is 13.9 Å². The molecule has 1 N–H and O–H groups in total. The summed E-state index contributed by atoms with van der Waals surface area (Å²) in [5.74, 6) is 0.896. The van der Waals surface area contributed by atoms with Gasteiger partial charge in [0.2, 0.25) is 0 Å². The van der Waals surface area contributed by atoms with Crippen molar-refractivity contribution in [2.24, 2.45) is 0 Å². The zero-order valence-corrected chi connectivity index (χ0v) is 14.0. The largest absolute Gasteiger partial charge is 0.492 e. The van der Waals surface area contributed by atoms with Crippen LogP contribution >= 0.6 is 0 Å². The summed E-state index contributed by atoms with van der Waals surface area (Å²) in [6, 6.07) is 9.24. The van der Waals surface area contributed by atoms with Crippen LogP contribution in [0, 0.1) is 20.8 Å². The highest BCUT2D eigenvalue weighted by Gasteiger charge is 2.16. The monoisotopic (exact) mass is 331 g/mol. The van der Waals surface area contributed by atoms with Crippen LogP contribution in [0.25, 0.3) is 0 Å². The maximum absolute atomic E-state index is 11.8. The Morgan fingerprint density at radius 1 is 1.17 bits per heavy atom. The highest BCUT2D eigenvalue weighted by Crippen LogP contribution is 2.14. The van der Waals surface area contributed by atoms with Crippen molar-refractivity contribution in [1.29, 1.82) is 0 Å². The summed E-state index contributed by atoms with van der Waals surface area (Å²) in [5.41, 5.74) is 1.44. The maximum atomic E-state index is 11.8. The molecule has 0 saturated heterocycles. The number of furan rings is 1. The van der Waals surface area contributed by atoms with E-state index in [1.807, 2.05) is 31.2 Å². The lowest BCUT2D eigenvalue weighted by Crippen LogP contribution is -2.32. The molecule has 0 atom stereocenters. The smallest absolute Gasteiger partial charge is 0.342 e. The topological polar surface area (TPSA) is 77.8 Å². The normalized spacial score (nSPS) is 10.3. The number of hydrogen-bond acceptors (Lipinski definition) is 5. The highest BCUT2D eigenvalue weighted by atomic mass is 16.5. The molecule has 24 heavy (non-hydrogen) atoms. The Kier molecular flexibility index (Phi) is 6.01. The third kappa shape index (κ3) is 5.15. The fourth-order valence-electron chi connectivity index (χ4n) is 2.16. The van der Waals surface area contributed by atoms with E-state index in [9.17, 15) is 9.59 Å². The molecule has 0 bridgehead atoms. The number of esters is 1. The molecule has 0 unspecified atom stereocenters. The minimum atomic E-state index is -0.574. The first-order chi connectivity index (χ1) is 11.5. The molecule has 6 heteroatoms. The van der Waals surface area contributed by atoms with E-state index in [1.54, 1.807) is 19.9 Å². The molecule has 2 rings (SSSR count). The molecule has 0 fully saturated rings. The van der Waals surface area contributed by atoms with E-state index in [0.29, 0.717) is 30.2 Å². The summed E-state index contributed by atoms with van der Waals surface area (Å²) in [7, 11) is 0. The molecule has 0 aliphatic carbocycles. The van der Waals surface area contributed by atoms with Crippen molar-refractivity contribution in [3.8, 4) is 5.75 Å². The summed E-state index contributed by atoms with van der Waals surface area (Å²) >= 11 is 0. The summed E-state index contributed by atoms with van der Waals surface area (Å²) < 4.78 is 15.7. The predicted molar refractivity (Wildman–Crippen MR) is 88.1 cm³/mol. The van der Waals surface area contributed by atoms with Crippen LogP contribution in [0.4, 0.5) is 0 Å². The third-order valence-electron chi connectivity index (χ3n) is 3.28.